The fourth-order valence-corrected chi connectivity index (χ4v) is 1.86. The molecule has 0 amide bonds. The smallest absolute Gasteiger partial charge is 0.258 e. The molecule has 0 bridgehead atoms. The summed E-state index contributed by atoms with van der Waals surface area (Å²) in [6.45, 7) is 0. The van der Waals surface area contributed by atoms with Gasteiger partial charge in [-0.3, -0.25) is 0 Å². The molecule has 0 heterocycles. The third-order valence-corrected chi connectivity index (χ3v) is 2.61. The summed E-state index contributed by atoms with van der Waals surface area (Å²) in [5, 5.41) is 0. The van der Waals surface area contributed by atoms with Crippen LogP contribution in [0.25, 0.3) is 0 Å². The standard InChI is InChI=1S/C7H4I4O/c8-5-3-1-2-4-6(5)12-7(9,10)11/h1-4H. The quantitative estimate of drug-likeness (QED) is 0.352. The predicted molar refractivity (Wildman–Crippen MR) is 84.6 cm³/mol. The zero-order chi connectivity index (χ0) is 9.19. The minimum Gasteiger partial charge on any atom is -0.458 e. The summed E-state index contributed by atoms with van der Waals surface area (Å²) >= 11 is 9.00. The van der Waals surface area contributed by atoms with Crippen LogP contribution >= 0.6 is 90.4 Å². The molecule has 0 atom stereocenters. The van der Waals surface area contributed by atoms with Crippen molar-refractivity contribution in [3.63, 3.8) is 0 Å². The van der Waals surface area contributed by atoms with Gasteiger partial charge in [-0.2, -0.15) is 0 Å². The molecule has 1 rings (SSSR count). The first-order chi connectivity index (χ1) is 5.49. The molecule has 66 valence electrons. The highest BCUT2D eigenvalue weighted by Crippen LogP contribution is 2.38. The SMILES string of the molecule is Ic1ccccc1OC(I)(I)I. The van der Waals surface area contributed by atoms with Crippen LogP contribution in [0.15, 0.2) is 24.3 Å². The van der Waals surface area contributed by atoms with Gasteiger partial charge in [-0.1, -0.05) is 12.1 Å². The van der Waals surface area contributed by atoms with E-state index in [1.54, 1.807) is 0 Å². The summed E-state index contributed by atoms with van der Waals surface area (Å²) in [6, 6.07) is 8.00. The topological polar surface area (TPSA) is 9.23 Å². The maximum absolute atomic E-state index is 5.68. The van der Waals surface area contributed by atoms with Gasteiger partial charge in [-0.15, -0.1) is 0 Å². The summed E-state index contributed by atoms with van der Waals surface area (Å²) in [4.78, 5) is 0. The van der Waals surface area contributed by atoms with Gasteiger partial charge in [0.05, 0.1) is 3.57 Å². The molecule has 0 fully saturated rings. The Kier molecular flexibility index (Phi) is 5.15. The molecule has 0 N–H and O–H groups in total. The Bertz CT molecular complexity index is 268. The van der Waals surface area contributed by atoms with E-state index in [2.05, 4.69) is 90.4 Å². The van der Waals surface area contributed by atoms with Crippen molar-refractivity contribution in [1.29, 1.82) is 0 Å². The van der Waals surface area contributed by atoms with Crippen molar-refractivity contribution < 1.29 is 4.74 Å². The molecule has 0 aliphatic heterocycles. The van der Waals surface area contributed by atoms with Crippen molar-refractivity contribution in [2.75, 3.05) is 0 Å². The van der Waals surface area contributed by atoms with E-state index in [4.69, 9.17) is 4.74 Å². The summed E-state index contributed by atoms with van der Waals surface area (Å²) in [5.74, 6) is 0.941. The lowest BCUT2D eigenvalue weighted by Gasteiger charge is -2.16. The molecular weight excluding hydrogens is 608 g/mol. The molecule has 0 aromatic heterocycles. The Labute approximate surface area is 126 Å². The average Bonchev–Trinajstić information content (AvgIpc) is 1.91. The van der Waals surface area contributed by atoms with Gasteiger partial charge in [0.25, 0.3) is -0.379 Å². The fraction of sp³-hybridized carbons (Fsp3) is 0.143. The van der Waals surface area contributed by atoms with Crippen LogP contribution in [-0.4, -0.2) is -0.379 Å². The fourth-order valence-electron chi connectivity index (χ4n) is 0.652. The number of hydrogen-bond acceptors (Lipinski definition) is 1. The van der Waals surface area contributed by atoms with Crippen LogP contribution in [-0.2, 0) is 0 Å². The zero-order valence-corrected chi connectivity index (χ0v) is 14.4. The lowest BCUT2D eigenvalue weighted by atomic mass is 10.3. The Morgan fingerprint density at radius 2 is 1.67 bits per heavy atom. The van der Waals surface area contributed by atoms with E-state index in [1.807, 2.05) is 24.3 Å². The highest BCUT2D eigenvalue weighted by molar-refractivity contribution is 14.3. The minimum absolute atomic E-state index is 0.200. The highest BCUT2D eigenvalue weighted by atomic mass is 127. The van der Waals surface area contributed by atoms with Gasteiger partial charge < -0.3 is 4.74 Å². The van der Waals surface area contributed by atoms with E-state index in [0.29, 0.717) is 0 Å². The number of benzene rings is 1. The first-order valence-electron chi connectivity index (χ1n) is 2.99. The third kappa shape index (κ3) is 4.44. The van der Waals surface area contributed by atoms with Crippen LogP contribution in [0, 0.1) is 3.57 Å². The Morgan fingerprint density at radius 1 is 1.08 bits per heavy atom. The van der Waals surface area contributed by atoms with Crippen molar-refractivity contribution in [1.82, 2.24) is 0 Å². The molecule has 1 aromatic carbocycles. The predicted octanol–water partition coefficient (Wildman–Crippen LogP) is 4.59. The molecule has 12 heavy (non-hydrogen) atoms. The van der Waals surface area contributed by atoms with E-state index >= 15 is 0 Å². The van der Waals surface area contributed by atoms with Crippen molar-refractivity contribution in [2.24, 2.45) is 0 Å². The van der Waals surface area contributed by atoms with Gasteiger partial charge in [0.15, 0.2) is 0 Å². The van der Waals surface area contributed by atoms with Crippen molar-refractivity contribution in [3.05, 3.63) is 27.8 Å². The maximum atomic E-state index is 5.68. The van der Waals surface area contributed by atoms with E-state index in [-0.39, 0.29) is -0.379 Å². The Morgan fingerprint density at radius 3 is 2.17 bits per heavy atom. The lowest BCUT2D eigenvalue weighted by molar-refractivity contribution is 0.376. The normalized spacial score (nSPS) is 11.3. The van der Waals surface area contributed by atoms with Crippen LogP contribution in [0.1, 0.15) is 0 Å². The van der Waals surface area contributed by atoms with Crippen LogP contribution in [0.2, 0.25) is 0 Å². The van der Waals surface area contributed by atoms with E-state index in [0.717, 1.165) is 9.32 Å². The number of halogens is 4. The molecule has 0 unspecified atom stereocenters. The molecule has 0 aliphatic carbocycles. The molecule has 1 nitrogen and oxygen atoms in total. The second-order valence-corrected chi connectivity index (χ2v) is 13.9. The number of ether oxygens (including phenoxy) is 1. The van der Waals surface area contributed by atoms with Gasteiger partial charge in [0.2, 0.25) is 0 Å². The van der Waals surface area contributed by atoms with E-state index in [9.17, 15) is 0 Å². The number of rotatable bonds is 2. The summed E-state index contributed by atoms with van der Waals surface area (Å²) in [5.41, 5.74) is 0. The molecule has 5 heteroatoms. The van der Waals surface area contributed by atoms with Crippen LogP contribution in [0.3, 0.4) is 0 Å². The second kappa shape index (κ2) is 5.14. The second-order valence-electron chi connectivity index (χ2n) is 1.98. The van der Waals surface area contributed by atoms with Crippen LogP contribution < -0.4 is 4.74 Å². The van der Waals surface area contributed by atoms with E-state index in [1.165, 1.54) is 0 Å². The van der Waals surface area contributed by atoms with Gasteiger partial charge in [0, 0.05) is 0 Å². The van der Waals surface area contributed by atoms with Gasteiger partial charge >= 0.3 is 0 Å². The van der Waals surface area contributed by atoms with Crippen LogP contribution in [0.4, 0.5) is 0 Å². The summed E-state index contributed by atoms with van der Waals surface area (Å²) in [6.07, 6.45) is 0. The molecule has 1 aromatic rings. The Balaban J connectivity index is 2.83. The maximum Gasteiger partial charge on any atom is 0.258 e. The minimum atomic E-state index is -0.200. The van der Waals surface area contributed by atoms with Gasteiger partial charge in [-0.05, 0) is 102 Å². The third-order valence-electron chi connectivity index (χ3n) is 1.06. The summed E-state index contributed by atoms with van der Waals surface area (Å²) < 4.78 is 6.63. The lowest BCUT2D eigenvalue weighted by Crippen LogP contribution is -2.10. The monoisotopic (exact) mass is 612 g/mol. The van der Waals surface area contributed by atoms with Crippen molar-refractivity contribution in [2.45, 2.75) is -0.379 Å². The Hall–Kier alpha value is 1.94. The molecule has 0 spiro atoms. The van der Waals surface area contributed by atoms with Gasteiger partial charge in [0.1, 0.15) is 5.75 Å². The average molecular weight is 612 g/mol. The molecule has 0 saturated heterocycles. The van der Waals surface area contributed by atoms with E-state index < -0.39 is 0 Å². The molecular formula is C7H4I4O. The first kappa shape index (κ1) is 12.0. The molecule has 0 saturated carbocycles. The molecule has 0 aliphatic rings. The van der Waals surface area contributed by atoms with Crippen molar-refractivity contribution in [3.8, 4) is 5.75 Å². The first-order valence-corrected chi connectivity index (χ1v) is 7.31. The summed E-state index contributed by atoms with van der Waals surface area (Å²) in [7, 11) is 0. The highest BCUT2D eigenvalue weighted by Gasteiger charge is 2.19. The molecule has 0 radical (unpaired) electrons. The van der Waals surface area contributed by atoms with Gasteiger partial charge in [-0.25, -0.2) is 0 Å². The number of hydrogen-bond donors (Lipinski definition) is 0. The number of alkyl halides is 3. The zero-order valence-electron chi connectivity index (χ0n) is 5.73. The largest absolute Gasteiger partial charge is 0.458 e. The van der Waals surface area contributed by atoms with Crippen LogP contribution in [0.5, 0.6) is 5.75 Å². The number of para-hydroxylation sites is 1. The van der Waals surface area contributed by atoms with Crippen molar-refractivity contribution >= 4 is 90.4 Å².